The Morgan fingerprint density at radius 2 is 1.24 bits per heavy atom. The van der Waals surface area contributed by atoms with Gasteiger partial charge in [-0.05, 0) is 79.3 Å². The van der Waals surface area contributed by atoms with Crippen molar-refractivity contribution in [2.24, 2.45) is 0 Å². The predicted octanol–water partition coefficient (Wildman–Crippen LogP) is 7.45. The molecule has 3 aromatic carbocycles. The average Bonchev–Trinajstić information content (AvgIpc) is 2.87. The second kappa shape index (κ2) is 12.5. The van der Waals surface area contributed by atoms with Crippen LogP contribution >= 0.6 is 0 Å². The third-order valence-electron chi connectivity index (χ3n) is 5.63. The zero-order valence-electron chi connectivity index (χ0n) is 20.0. The molecule has 0 unspecified atom stereocenters. The lowest BCUT2D eigenvalue weighted by Gasteiger charge is -2.11. The highest BCUT2D eigenvalue weighted by atomic mass is 16.5. The molecule has 4 heteroatoms. The van der Waals surface area contributed by atoms with E-state index in [1.54, 1.807) is 48.5 Å². The minimum absolute atomic E-state index is 0.357. The van der Waals surface area contributed by atoms with E-state index in [0.717, 1.165) is 38.5 Å². The van der Waals surface area contributed by atoms with Crippen molar-refractivity contribution in [3.63, 3.8) is 0 Å². The lowest BCUT2D eigenvalue weighted by atomic mass is 10.1. The van der Waals surface area contributed by atoms with E-state index in [9.17, 15) is 9.59 Å². The first kappa shape index (κ1) is 25.0. The minimum Gasteiger partial charge on any atom is -0.423 e. The van der Waals surface area contributed by atoms with E-state index in [-0.39, 0.29) is 0 Å². The fourth-order valence-corrected chi connectivity index (χ4v) is 3.54. The van der Waals surface area contributed by atoms with E-state index in [1.807, 2.05) is 24.3 Å². The number of esters is 2. The molecule has 0 N–H and O–H groups in total. The topological polar surface area (TPSA) is 52.6 Å². The summed E-state index contributed by atoms with van der Waals surface area (Å²) in [6.45, 7) is 8.10. The summed E-state index contributed by atoms with van der Waals surface area (Å²) in [5, 5.41) is 0. The van der Waals surface area contributed by atoms with Gasteiger partial charge in [0.1, 0.15) is 11.5 Å². The van der Waals surface area contributed by atoms with Gasteiger partial charge in [0.05, 0.1) is 11.1 Å². The minimum atomic E-state index is -0.446. The highest BCUT2D eigenvalue weighted by molar-refractivity contribution is 5.92. The number of benzene rings is 3. The van der Waals surface area contributed by atoms with Crippen molar-refractivity contribution in [2.75, 3.05) is 0 Å². The van der Waals surface area contributed by atoms with Crippen LogP contribution in [0.5, 0.6) is 11.5 Å². The molecule has 34 heavy (non-hydrogen) atoms. The average molecular weight is 457 g/mol. The summed E-state index contributed by atoms with van der Waals surface area (Å²) in [6, 6.07) is 19.8. The monoisotopic (exact) mass is 456 g/mol. The van der Waals surface area contributed by atoms with Crippen LogP contribution in [-0.4, -0.2) is 11.9 Å². The molecule has 0 aromatic heterocycles. The molecule has 0 aliphatic rings. The third-order valence-corrected chi connectivity index (χ3v) is 5.63. The van der Waals surface area contributed by atoms with Gasteiger partial charge < -0.3 is 9.47 Å². The molecule has 3 rings (SSSR count). The van der Waals surface area contributed by atoms with Crippen molar-refractivity contribution in [3.05, 3.63) is 101 Å². The van der Waals surface area contributed by atoms with Crippen LogP contribution in [0.4, 0.5) is 0 Å². The Hall–Kier alpha value is -3.66. The standard InChI is InChI=1S/C30H32O4/c1-4-7-9-22-11-15-25(16-12-22)29(31)33-27-19-20-28(24(6-3)21-27)34-30(32)26-17-13-23(14-18-26)10-8-5-2/h6,11-21H,3-5,7-10H2,1-2H3. The largest absolute Gasteiger partial charge is 0.423 e. The van der Waals surface area contributed by atoms with Gasteiger partial charge in [0.2, 0.25) is 0 Å². The maximum atomic E-state index is 12.6. The molecule has 4 nitrogen and oxygen atoms in total. The Kier molecular flexibility index (Phi) is 9.21. The highest BCUT2D eigenvalue weighted by Crippen LogP contribution is 2.27. The van der Waals surface area contributed by atoms with Gasteiger partial charge >= 0.3 is 11.9 Å². The molecule has 0 radical (unpaired) electrons. The summed E-state index contributed by atoms with van der Waals surface area (Å²) >= 11 is 0. The number of ether oxygens (including phenoxy) is 2. The number of rotatable bonds is 11. The summed E-state index contributed by atoms with van der Waals surface area (Å²) in [4.78, 5) is 25.2. The Bertz CT molecular complexity index is 1110. The quantitative estimate of drug-likeness (QED) is 0.222. The van der Waals surface area contributed by atoms with Crippen molar-refractivity contribution in [1.82, 2.24) is 0 Å². The molecular formula is C30H32O4. The molecule has 0 saturated carbocycles. The second-order valence-electron chi connectivity index (χ2n) is 8.28. The third kappa shape index (κ3) is 6.92. The number of hydrogen-bond acceptors (Lipinski definition) is 4. The van der Waals surface area contributed by atoms with Crippen LogP contribution < -0.4 is 9.47 Å². The van der Waals surface area contributed by atoms with Gasteiger partial charge in [-0.15, -0.1) is 0 Å². The molecule has 0 aliphatic carbocycles. The Balaban J connectivity index is 1.65. The number of aryl methyl sites for hydroxylation is 2. The predicted molar refractivity (Wildman–Crippen MR) is 137 cm³/mol. The van der Waals surface area contributed by atoms with E-state index < -0.39 is 11.9 Å². The van der Waals surface area contributed by atoms with Crippen molar-refractivity contribution < 1.29 is 19.1 Å². The van der Waals surface area contributed by atoms with E-state index in [0.29, 0.717) is 28.2 Å². The molecule has 0 spiro atoms. The molecule has 0 heterocycles. The van der Waals surface area contributed by atoms with Gasteiger partial charge in [-0.25, -0.2) is 9.59 Å². The molecule has 0 saturated heterocycles. The number of hydrogen-bond donors (Lipinski definition) is 0. The van der Waals surface area contributed by atoms with Crippen molar-refractivity contribution in [2.45, 2.75) is 52.4 Å². The van der Waals surface area contributed by atoms with E-state index in [2.05, 4.69) is 20.4 Å². The van der Waals surface area contributed by atoms with E-state index in [4.69, 9.17) is 9.47 Å². The molecule has 0 aliphatic heterocycles. The van der Waals surface area contributed by atoms with Crippen LogP contribution in [0.15, 0.2) is 73.3 Å². The van der Waals surface area contributed by atoms with Crippen LogP contribution in [0, 0.1) is 0 Å². The van der Waals surface area contributed by atoms with Crippen LogP contribution in [0.25, 0.3) is 6.08 Å². The Labute approximate surface area is 202 Å². The highest BCUT2D eigenvalue weighted by Gasteiger charge is 2.14. The summed E-state index contributed by atoms with van der Waals surface area (Å²) in [6.07, 6.45) is 8.06. The zero-order chi connectivity index (χ0) is 24.3. The van der Waals surface area contributed by atoms with E-state index in [1.165, 1.54) is 11.1 Å². The van der Waals surface area contributed by atoms with Gasteiger partial charge in [0, 0.05) is 5.56 Å². The molecule has 0 atom stereocenters. The van der Waals surface area contributed by atoms with Crippen LogP contribution in [-0.2, 0) is 12.8 Å². The zero-order valence-corrected chi connectivity index (χ0v) is 20.0. The molecule has 0 amide bonds. The number of unbranched alkanes of at least 4 members (excludes halogenated alkanes) is 2. The summed E-state index contributed by atoms with van der Waals surface area (Å²) in [7, 11) is 0. The number of carbonyl (C=O) groups is 2. The van der Waals surface area contributed by atoms with Gasteiger partial charge in [-0.1, -0.05) is 63.6 Å². The summed E-state index contributed by atoms with van der Waals surface area (Å²) in [5.41, 5.74) is 3.93. The lowest BCUT2D eigenvalue weighted by molar-refractivity contribution is 0.0719. The van der Waals surface area contributed by atoms with Gasteiger partial charge in [0.15, 0.2) is 0 Å². The summed E-state index contributed by atoms with van der Waals surface area (Å²) < 4.78 is 11.1. The van der Waals surface area contributed by atoms with Gasteiger partial charge in [-0.2, -0.15) is 0 Å². The fourth-order valence-electron chi connectivity index (χ4n) is 3.54. The SMILES string of the molecule is C=Cc1cc(OC(=O)c2ccc(CCCC)cc2)ccc1OC(=O)c1ccc(CCCC)cc1. The van der Waals surface area contributed by atoms with Crippen LogP contribution in [0.1, 0.15) is 76.9 Å². The lowest BCUT2D eigenvalue weighted by Crippen LogP contribution is -2.10. The van der Waals surface area contributed by atoms with Crippen LogP contribution in [0.3, 0.4) is 0 Å². The maximum Gasteiger partial charge on any atom is 0.343 e. The molecule has 0 bridgehead atoms. The van der Waals surface area contributed by atoms with Gasteiger partial charge in [-0.3, -0.25) is 0 Å². The fraction of sp³-hybridized carbons (Fsp3) is 0.267. The van der Waals surface area contributed by atoms with Gasteiger partial charge in [0.25, 0.3) is 0 Å². The first-order valence-electron chi connectivity index (χ1n) is 11.9. The smallest absolute Gasteiger partial charge is 0.343 e. The first-order valence-corrected chi connectivity index (χ1v) is 11.9. The summed E-state index contributed by atoms with van der Waals surface area (Å²) in [5.74, 6) is -0.173. The van der Waals surface area contributed by atoms with Crippen LogP contribution in [0.2, 0.25) is 0 Å². The molecule has 3 aromatic rings. The molecular weight excluding hydrogens is 424 g/mol. The Morgan fingerprint density at radius 1 is 0.735 bits per heavy atom. The molecule has 176 valence electrons. The van der Waals surface area contributed by atoms with E-state index >= 15 is 0 Å². The normalized spacial score (nSPS) is 10.5. The molecule has 0 fully saturated rings. The number of carbonyl (C=O) groups excluding carboxylic acids is 2. The maximum absolute atomic E-state index is 12.6. The Morgan fingerprint density at radius 3 is 1.71 bits per heavy atom. The second-order valence-corrected chi connectivity index (χ2v) is 8.28. The first-order chi connectivity index (χ1) is 16.5. The van der Waals surface area contributed by atoms with Crippen molar-refractivity contribution in [3.8, 4) is 11.5 Å². The van der Waals surface area contributed by atoms with Crippen molar-refractivity contribution in [1.29, 1.82) is 0 Å². The van der Waals surface area contributed by atoms with Crippen molar-refractivity contribution >= 4 is 18.0 Å².